The van der Waals surface area contributed by atoms with Crippen LogP contribution in [-0.2, 0) is 4.79 Å². The van der Waals surface area contributed by atoms with Gasteiger partial charge in [-0.15, -0.1) is 0 Å². The number of rotatable bonds is 2. The molecule has 1 saturated heterocycles. The third-order valence-corrected chi connectivity index (χ3v) is 2.03. The molecule has 1 aliphatic heterocycles. The van der Waals surface area contributed by atoms with Crippen LogP contribution in [0.5, 0.6) is 0 Å². The molecule has 0 bridgehead atoms. The lowest BCUT2D eigenvalue weighted by molar-refractivity contribution is 0.205. The molecule has 1 atom stereocenters. The van der Waals surface area contributed by atoms with Gasteiger partial charge in [0.25, 0.3) is 0 Å². The zero-order chi connectivity index (χ0) is 7.40. The van der Waals surface area contributed by atoms with Gasteiger partial charge in [0.2, 0.25) is 6.29 Å². The van der Waals surface area contributed by atoms with Crippen molar-refractivity contribution in [1.29, 1.82) is 0 Å². The maximum Gasteiger partial charge on any atom is 0.213 e. The van der Waals surface area contributed by atoms with E-state index in [1.165, 1.54) is 12.8 Å². The molecule has 0 aromatic heterocycles. The smallest absolute Gasteiger partial charge is 0.213 e. The highest BCUT2D eigenvalue weighted by atomic mass is 16.1. The number of likely N-dealkylation sites (tertiary alicyclic amines) is 1. The highest BCUT2D eigenvalue weighted by Gasteiger charge is 2.14. The molecule has 0 saturated carbocycles. The van der Waals surface area contributed by atoms with Crippen LogP contribution in [0.15, 0.2) is 0 Å². The molecule has 2 heteroatoms. The predicted octanol–water partition coefficient (Wildman–Crippen LogP) is 0.828. The first-order chi connectivity index (χ1) is 4.83. The van der Waals surface area contributed by atoms with Gasteiger partial charge in [-0.25, -0.2) is 0 Å². The van der Waals surface area contributed by atoms with Gasteiger partial charge in [-0.1, -0.05) is 6.92 Å². The number of carbonyl (C=O) groups excluding carboxylic acids is 1. The van der Waals surface area contributed by atoms with E-state index in [1.807, 2.05) is 6.29 Å². The van der Waals surface area contributed by atoms with Crippen LogP contribution in [0, 0.1) is 5.92 Å². The van der Waals surface area contributed by atoms with Crippen LogP contribution in [0.2, 0.25) is 0 Å². The topological polar surface area (TPSA) is 20.3 Å². The molecule has 1 aliphatic rings. The quantitative estimate of drug-likeness (QED) is 0.566. The standard InChI is InChI=1S/C8H14NO/c1-8-3-2-4-9(7-8)5-6-10/h8H,2-5,7H2,1H3. The number of nitrogens with zero attached hydrogens (tertiary/aromatic N) is 1. The molecule has 10 heavy (non-hydrogen) atoms. The Labute approximate surface area is 62.2 Å². The fourth-order valence-electron chi connectivity index (χ4n) is 1.52. The first-order valence-corrected chi connectivity index (χ1v) is 3.90. The van der Waals surface area contributed by atoms with Crippen molar-refractivity contribution in [2.45, 2.75) is 19.8 Å². The Morgan fingerprint density at radius 3 is 3.10 bits per heavy atom. The number of piperidine rings is 1. The Hall–Kier alpha value is -0.370. The molecule has 1 unspecified atom stereocenters. The van der Waals surface area contributed by atoms with E-state index in [-0.39, 0.29) is 0 Å². The van der Waals surface area contributed by atoms with Crippen molar-refractivity contribution in [2.24, 2.45) is 5.92 Å². The van der Waals surface area contributed by atoms with Crippen molar-refractivity contribution in [3.63, 3.8) is 0 Å². The van der Waals surface area contributed by atoms with E-state index in [2.05, 4.69) is 11.8 Å². The van der Waals surface area contributed by atoms with Gasteiger partial charge in [0.05, 0.1) is 6.54 Å². The molecule has 0 aromatic rings. The molecule has 1 radical (unpaired) electrons. The third-order valence-electron chi connectivity index (χ3n) is 2.03. The summed E-state index contributed by atoms with van der Waals surface area (Å²) >= 11 is 0. The molecule has 0 spiro atoms. The Bertz CT molecular complexity index is 114. The average Bonchev–Trinajstić information content (AvgIpc) is 1.88. The molecule has 0 N–H and O–H groups in total. The van der Waals surface area contributed by atoms with Gasteiger partial charge in [-0.2, -0.15) is 0 Å². The van der Waals surface area contributed by atoms with Gasteiger partial charge in [0.1, 0.15) is 0 Å². The van der Waals surface area contributed by atoms with Gasteiger partial charge in [-0.3, -0.25) is 9.69 Å². The average molecular weight is 140 g/mol. The molecule has 2 nitrogen and oxygen atoms in total. The van der Waals surface area contributed by atoms with E-state index in [0.717, 1.165) is 19.0 Å². The van der Waals surface area contributed by atoms with Gasteiger partial charge in [-0.05, 0) is 25.3 Å². The lowest BCUT2D eigenvalue weighted by Crippen LogP contribution is -2.35. The normalized spacial score (nSPS) is 28.3. The lowest BCUT2D eigenvalue weighted by atomic mass is 10.0. The molecule has 0 aliphatic carbocycles. The van der Waals surface area contributed by atoms with E-state index in [4.69, 9.17) is 0 Å². The third kappa shape index (κ3) is 2.10. The fraction of sp³-hybridized carbons (Fsp3) is 0.875. The first-order valence-electron chi connectivity index (χ1n) is 3.90. The molecule has 0 amide bonds. The van der Waals surface area contributed by atoms with Gasteiger partial charge in [0.15, 0.2) is 0 Å². The maximum absolute atomic E-state index is 10.0. The number of hydrogen-bond donors (Lipinski definition) is 0. The van der Waals surface area contributed by atoms with Crippen LogP contribution >= 0.6 is 0 Å². The highest BCUT2D eigenvalue weighted by molar-refractivity contribution is 5.53. The minimum Gasteiger partial charge on any atom is -0.295 e. The second-order valence-electron chi connectivity index (χ2n) is 3.13. The van der Waals surface area contributed by atoms with Crippen molar-refractivity contribution in [3.05, 3.63) is 0 Å². The Morgan fingerprint density at radius 1 is 1.70 bits per heavy atom. The van der Waals surface area contributed by atoms with E-state index in [1.54, 1.807) is 0 Å². The molecule has 57 valence electrons. The summed E-state index contributed by atoms with van der Waals surface area (Å²) in [5, 5.41) is 0. The second-order valence-corrected chi connectivity index (χ2v) is 3.13. The minimum atomic E-state index is 0.504. The van der Waals surface area contributed by atoms with Crippen LogP contribution in [0.25, 0.3) is 0 Å². The lowest BCUT2D eigenvalue weighted by Gasteiger charge is -2.28. The van der Waals surface area contributed by atoms with E-state index in [9.17, 15) is 4.79 Å². The molecule has 1 fully saturated rings. The summed E-state index contributed by atoms with van der Waals surface area (Å²) in [6.07, 6.45) is 4.49. The van der Waals surface area contributed by atoms with E-state index < -0.39 is 0 Å². The fourth-order valence-corrected chi connectivity index (χ4v) is 1.52. The van der Waals surface area contributed by atoms with Crippen molar-refractivity contribution in [3.8, 4) is 0 Å². The van der Waals surface area contributed by atoms with Gasteiger partial charge >= 0.3 is 0 Å². The summed E-state index contributed by atoms with van der Waals surface area (Å²) in [7, 11) is 0. The summed E-state index contributed by atoms with van der Waals surface area (Å²) in [5.41, 5.74) is 0. The summed E-state index contributed by atoms with van der Waals surface area (Å²) in [6, 6.07) is 0. The zero-order valence-electron chi connectivity index (χ0n) is 6.47. The van der Waals surface area contributed by atoms with Crippen molar-refractivity contribution < 1.29 is 4.79 Å². The predicted molar refractivity (Wildman–Crippen MR) is 40.5 cm³/mol. The Kier molecular flexibility index (Phi) is 2.87. The summed E-state index contributed by atoms with van der Waals surface area (Å²) in [4.78, 5) is 12.2. The van der Waals surface area contributed by atoms with Gasteiger partial charge in [0, 0.05) is 6.54 Å². The largest absolute Gasteiger partial charge is 0.295 e. The summed E-state index contributed by atoms with van der Waals surface area (Å²) in [5.74, 6) is 0.766. The second kappa shape index (κ2) is 3.71. The van der Waals surface area contributed by atoms with Crippen LogP contribution < -0.4 is 0 Å². The van der Waals surface area contributed by atoms with Crippen LogP contribution in [0.4, 0.5) is 0 Å². The van der Waals surface area contributed by atoms with Gasteiger partial charge < -0.3 is 0 Å². The monoisotopic (exact) mass is 140 g/mol. The van der Waals surface area contributed by atoms with Crippen LogP contribution in [0.3, 0.4) is 0 Å². The van der Waals surface area contributed by atoms with E-state index >= 15 is 0 Å². The molecule has 1 rings (SSSR count). The van der Waals surface area contributed by atoms with Crippen LogP contribution in [-0.4, -0.2) is 30.8 Å². The molecule has 1 heterocycles. The highest BCUT2D eigenvalue weighted by Crippen LogP contribution is 2.13. The van der Waals surface area contributed by atoms with Crippen molar-refractivity contribution in [2.75, 3.05) is 19.6 Å². The summed E-state index contributed by atoms with van der Waals surface area (Å²) in [6.45, 7) is 4.90. The maximum atomic E-state index is 10.0. The SMILES string of the molecule is CC1CCCN(C[C]=O)C1. The number of hydrogen-bond acceptors (Lipinski definition) is 2. The minimum absolute atomic E-state index is 0.504. The Morgan fingerprint density at radius 2 is 2.50 bits per heavy atom. The first kappa shape index (κ1) is 7.73. The van der Waals surface area contributed by atoms with Crippen LogP contribution in [0.1, 0.15) is 19.8 Å². The van der Waals surface area contributed by atoms with Crippen molar-refractivity contribution in [1.82, 2.24) is 4.90 Å². The molecular weight excluding hydrogens is 126 g/mol. The summed E-state index contributed by atoms with van der Waals surface area (Å²) < 4.78 is 0. The Balaban J connectivity index is 2.24. The zero-order valence-corrected chi connectivity index (χ0v) is 6.47. The molecular formula is C8H14NO. The molecule has 0 aromatic carbocycles. The van der Waals surface area contributed by atoms with Crippen molar-refractivity contribution >= 4 is 6.29 Å². The van der Waals surface area contributed by atoms with E-state index in [0.29, 0.717) is 6.54 Å².